The molecule has 0 aliphatic rings. The quantitative estimate of drug-likeness (QED) is 0.264. The molecule has 3 aromatic carbocycles. The number of hydrogen-bond acceptors (Lipinski definition) is 5. The summed E-state index contributed by atoms with van der Waals surface area (Å²) in [5.41, 5.74) is 4.95. The molecular formula is C28H33N3O4S2. The summed E-state index contributed by atoms with van der Waals surface area (Å²) in [6, 6.07) is 20.3. The van der Waals surface area contributed by atoms with Gasteiger partial charge in [-0.15, -0.1) is 4.83 Å². The Morgan fingerprint density at radius 2 is 1.14 bits per heavy atom. The molecule has 0 unspecified atom stereocenters. The molecule has 0 bridgehead atoms. The number of H-pyrrole nitrogens is 1. The molecule has 1 aromatic heterocycles. The molecule has 0 radical (unpaired) electrons. The van der Waals surface area contributed by atoms with Crippen molar-refractivity contribution in [3.63, 3.8) is 0 Å². The van der Waals surface area contributed by atoms with Crippen LogP contribution in [0.3, 0.4) is 0 Å². The zero-order chi connectivity index (χ0) is 27.2. The largest absolute Gasteiger partial charge is 0.339 e. The van der Waals surface area contributed by atoms with Crippen molar-refractivity contribution in [1.82, 2.24) is 9.82 Å². The molecule has 9 heteroatoms. The summed E-state index contributed by atoms with van der Waals surface area (Å²) >= 11 is 0. The molecule has 37 heavy (non-hydrogen) atoms. The highest BCUT2D eigenvalue weighted by Crippen LogP contribution is 2.35. The fraction of sp³-hybridized carbons (Fsp3) is 0.286. The second-order valence-electron chi connectivity index (χ2n) is 11.2. The van der Waals surface area contributed by atoms with Gasteiger partial charge in [-0.25, -0.2) is 16.8 Å². The lowest BCUT2D eigenvalue weighted by Gasteiger charge is -2.19. The van der Waals surface area contributed by atoms with Crippen LogP contribution in [-0.4, -0.2) is 21.8 Å². The molecule has 196 valence electrons. The Kier molecular flexibility index (Phi) is 6.77. The van der Waals surface area contributed by atoms with Gasteiger partial charge in [0.1, 0.15) is 10.7 Å². The zero-order valence-electron chi connectivity index (χ0n) is 21.9. The molecule has 0 saturated carbocycles. The van der Waals surface area contributed by atoms with E-state index in [1.54, 1.807) is 60.7 Å². The van der Waals surface area contributed by atoms with Crippen LogP contribution in [0.25, 0.3) is 10.9 Å². The summed E-state index contributed by atoms with van der Waals surface area (Å²) in [7, 11) is -7.98. The summed E-state index contributed by atoms with van der Waals surface area (Å²) in [4.78, 5) is 5.49. The zero-order valence-corrected chi connectivity index (χ0v) is 23.5. The molecule has 0 aliphatic carbocycles. The summed E-state index contributed by atoms with van der Waals surface area (Å²) in [5.74, 6) is 0.0379. The van der Waals surface area contributed by atoms with Crippen LogP contribution in [0.1, 0.15) is 52.7 Å². The first-order valence-electron chi connectivity index (χ1n) is 12.0. The third-order valence-corrected chi connectivity index (χ3v) is 9.42. The van der Waals surface area contributed by atoms with Crippen LogP contribution < -0.4 is 10.3 Å². The van der Waals surface area contributed by atoms with Gasteiger partial charge in [0.15, 0.2) is 0 Å². The van der Waals surface area contributed by atoms with E-state index in [1.165, 1.54) is 12.1 Å². The van der Waals surface area contributed by atoms with Crippen LogP contribution in [0.2, 0.25) is 0 Å². The Bertz CT molecular complexity index is 1640. The van der Waals surface area contributed by atoms with E-state index in [0.717, 1.165) is 11.1 Å². The van der Waals surface area contributed by atoms with Crippen LogP contribution in [0.4, 0.5) is 5.82 Å². The van der Waals surface area contributed by atoms with Crippen molar-refractivity contribution in [2.24, 2.45) is 0 Å². The summed E-state index contributed by atoms with van der Waals surface area (Å²) in [5, 5.41) is 0.457. The van der Waals surface area contributed by atoms with Crippen molar-refractivity contribution in [3.8, 4) is 0 Å². The molecule has 0 amide bonds. The molecule has 0 aliphatic heterocycles. The molecule has 0 fully saturated rings. The average molecular weight is 540 g/mol. The number of aromatic amines is 1. The third kappa shape index (κ3) is 5.44. The molecule has 4 aromatic rings. The fourth-order valence-corrected chi connectivity index (χ4v) is 6.46. The second-order valence-corrected chi connectivity index (χ2v) is 14.7. The number of rotatable bonds is 6. The Morgan fingerprint density at radius 1 is 0.649 bits per heavy atom. The molecule has 0 spiro atoms. The normalized spacial score (nSPS) is 13.1. The third-order valence-electron chi connectivity index (χ3n) is 6.30. The van der Waals surface area contributed by atoms with Gasteiger partial charge >= 0.3 is 0 Å². The van der Waals surface area contributed by atoms with Crippen LogP contribution in [-0.2, 0) is 30.7 Å². The first kappa shape index (κ1) is 26.9. The van der Waals surface area contributed by atoms with Crippen LogP contribution in [0, 0.1) is 0 Å². The van der Waals surface area contributed by atoms with E-state index in [-0.39, 0.29) is 31.3 Å². The highest BCUT2D eigenvalue weighted by molar-refractivity contribution is 7.92. The second kappa shape index (κ2) is 9.31. The number of sulfonamides is 1. The summed E-state index contributed by atoms with van der Waals surface area (Å²) in [6.45, 7) is 12.3. The molecule has 7 nitrogen and oxygen atoms in total. The lowest BCUT2D eigenvalue weighted by molar-refractivity contribution is 0.582. The monoisotopic (exact) mass is 539 g/mol. The smallest absolute Gasteiger partial charge is 0.257 e. The Labute approximate surface area is 219 Å². The van der Waals surface area contributed by atoms with Gasteiger partial charge in [0.25, 0.3) is 10.0 Å². The number of fused-ring (bicyclic) bond motifs is 1. The number of sulfone groups is 1. The Balaban J connectivity index is 1.71. The van der Waals surface area contributed by atoms with E-state index < -0.39 is 19.9 Å². The average Bonchev–Trinajstić information content (AvgIpc) is 3.21. The van der Waals surface area contributed by atoms with Gasteiger partial charge in [-0.3, -0.25) is 5.43 Å². The van der Waals surface area contributed by atoms with E-state index in [0.29, 0.717) is 10.9 Å². The predicted octanol–water partition coefficient (Wildman–Crippen LogP) is 5.90. The molecule has 4 rings (SSSR count). The van der Waals surface area contributed by atoms with Gasteiger partial charge in [0.2, 0.25) is 9.84 Å². The van der Waals surface area contributed by atoms with Crippen molar-refractivity contribution < 1.29 is 16.8 Å². The number of anilines is 1. The van der Waals surface area contributed by atoms with E-state index in [1.807, 2.05) is 20.8 Å². The lowest BCUT2D eigenvalue weighted by Crippen LogP contribution is -2.30. The SMILES string of the molecule is CC(C)(C)c1ccc(S(=O)(=O)NNc2[nH]c3ccccc3c2S(=O)(=O)c2ccc(C(C)(C)C)cc2)cc1. The maximum absolute atomic E-state index is 13.8. The lowest BCUT2D eigenvalue weighted by atomic mass is 9.87. The minimum absolute atomic E-state index is 0.0302. The summed E-state index contributed by atoms with van der Waals surface area (Å²) < 4.78 is 53.6. The maximum atomic E-state index is 13.8. The first-order valence-corrected chi connectivity index (χ1v) is 14.9. The van der Waals surface area contributed by atoms with Crippen molar-refractivity contribution in [2.45, 2.75) is 67.1 Å². The first-order chi connectivity index (χ1) is 17.1. The van der Waals surface area contributed by atoms with Crippen molar-refractivity contribution >= 4 is 36.6 Å². The van der Waals surface area contributed by atoms with E-state index in [9.17, 15) is 16.8 Å². The number of aromatic nitrogens is 1. The molecule has 0 atom stereocenters. The molecule has 0 saturated heterocycles. The van der Waals surface area contributed by atoms with Crippen LogP contribution >= 0.6 is 0 Å². The van der Waals surface area contributed by atoms with Crippen molar-refractivity contribution in [3.05, 3.63) is 83.9 Å². The predicted molar refractivity (Wildman–Crippen MR) is 148 cm³/mol. The number of nitrogens with one attached hydrogen (secondary N) is 3. The molecule has 1 heterocycles. The van der Waals surface area contributed by atoms with Gasteiger partial charge in [0, 0.05) is 10.9 Å². The van der Waals surface area contributed by atoms with Gasteiger partial charge in [-0.05, 0) is 52.3 Å². The maximum Gasteiger partial charge on any atom is 0.257 e. The standard InChI is InChI=1S/C28H33N3O4S2/c1-27(2,3)19-11-15-21(16-12-19)36(32,33)25-23-9-7-8-10-24(23)29-26(25)30-31-37(34,35)22-17-13-20(14-18-22)28(4,5)6/h7-18,29-31H,1-6H3. The number of benzene rings is 3. The number of hydrazine groups is 1. The van der Waals surface area contributed by atoms with Crippen LogP contribution in [0.5, 0.6) is 0 Å². The van der Waals surface area contributed by atoms with Gasteiger partial charge in [-0.2, -0.15) is 0 Å². The summed E-state index contributed by atoms with van der Waals surface area (Å²) in [6.07, 6.45) is 0. The molecular weight excluding hydrogens is 506 g/mol. The minimum Gasteiger partial charge on any atom is -0.339 e. The Hall–Kier alpha value is -3.14. The van der Waals surface area contributed by atoms with Gasteiger partial charge in [0.05, 0.1) is 9.79 Å². The van der Waals surface area contributed by atoms with Gasteiger partial charge < -0.3 is 4.98 Å². The topological polar surface area (TPSA) is 108 Å². The highest BCUT2D eigenvalue weighted by Gasteiger charge is 2.28. The van der Waals surface area contributed by atoms with Crippen molar-refractivity contribution in [2.75, 3.05) is 5.43 Å². The fourth-order valence-electron chi connectivity index (χ4n) is 4.05. The van der Waals surface area contributed by atoms with Crippen molar-refractivity contribution in [1.29, 1.82) is 0 Å². The van der Waals surface area contributed by atoms with E-state index in [4.69, 9.17) is 0 Å². The Morgan fingerprint density at radius 3 is 1.65 bits per heavy atom. The van der Waals surface area contributed by atoms with Gasteiger partial charge in [-0.1, -0.05) is 84.0 Å². The van der Waals surface area contributed by atoms with E-state index in [2.05, 4.69) is 36.0 Å². The molecule has 3 N–H and O–H groups in total. The minimum atomic E-state index is -4.00. The highest BCUT2D eigenvalue weighted by atomic mass is 32.2. The number of para-hydroxylation sites is 1. The van der Waals surface area contributed by atoms with E-state index >= 15 is 0 Å². The number of hydrogen-bond donors (Lipinski definition) is 3. The van der Waals surface area contributed by atoms with Crippen LogP contribution in [0.15, 0.2) is 87.5 Å².